The zero-order valence-electron chi connectivity index (χ0n) is 30.1. The summed E-state index contributed by atoms with van der Waals surface area (Å²) in [5.41, 5.74) is 7.23. The van der Waals surface area contributed by atoms with Crippen molar-refractivity contribution >= 4 is 0 Å². The van der Waals surface area contributed by atoms with E-state index in [9.17, 15) is 5.11 Å². The van der Waals surface area contributed by atoms with Gasteiger partial charge in [0.25, 0.3) is 0 Å². The summed E-state index contributed by atoms with van der Waals surface area (Å²) in [6.45, 7) is 5.94. The van der Waals surface area contributed by atoms with Crippen LogP contribution < -0.4 is 14.2 Å². The lowest BCUT2D eigenvalue weighted by atomic mass is 9.97. The summed E-state index contributed by atoms with van der Waals surface area (Å²) < 4.78 is 17.7. The normalized spacial score (nSPS) is 12.1. The SMILES string of the molecule is CCC(C)Cc1ccc(-c2ccc(OC(O)c3ccc(OCCCCCCCCCOc4ccc(-c5ccc(C#N)cc5)cc4)cc3)cc2)cc1. The number of hydrogen-bond donors (Lipinski definition) is 1. The van der Waals surface area contributed by atoms with E-state index in [0.717, 1.165) is 60.5 Å². The summed E-state index contributed by atoms with van der Waals surface area (Å²) in [6, 6.07) is 42.1. The minimum Gasteiger partial charge on any atom is -0.494 e. The van der Waals surface area contributed by atoms with Crippen molar-refractivity contribution in [1.82, 2.24) is 0 Å². The second kappa shape index (κ2) is 20.0. The maximum atomic E-state index is 10.7. The molecule has 0 saturated carbocycles. The lowest BCUT2D eigenvalue weighted by Crippen LogP contribution is -2.06. The highest BCUT2D eigenvalue weighted by Gasteiger charge is 2.10. The second-order valence-electron chi connectivity index (χ2n) is 13.4. The van der Waals surface area contributed by atoms with E-state index in [2.05, 4.69) is 56.3 Å². The molecule has 0 amide bonds. The smallest absolute Gasteiger partial charge is 0.224 e. The van der Waals surface area contributed by atoms with Gasteiger partial charge in [-0.2, -0.15) is 5.26 Å². The summed E-state index contributed by atoms with van der Waals surface area (Å²) in [4.78, 5) is 0. The van der Waals surface area contributed by atoms with Gasteiger partial charge in [-0.3, -0.25) is 0 Å². The molecule has 264 valence electrons. The molecule has 2 unspecified atom stereocenters. The molecule has 5 aromatic carbocycles. The molecule has 5 heteroatoms. The van der Waals surface area contributed by atoms with Crippen LogP contribution in [-0.4, -0.2) is 18.3 Å². The van der Waals surface area contributed by atoms with Crippen LogP contribution in [0.1, 0.15) is 88.2 Å². The Labute approximate surface area is 304 Å². The summed E-state index contributed by atoms with van der Waals surface area (Å²) in [6.07, 6.45) is 9.27. The lowest BCUT2D eigenvalue weighted by Gasteiger charge is -2.15. The van der Waals surface area contributed by atoms with Gasteiger partial charge in [0.2, 0.25) is 6.29 Å². The van der Waals surface area contributed by atoms with Crippen molar-refractivity contribution in [3.8, 4) is 45.6 Å². The molecule has 0 fully saturated rings. The molecule has 0 saturated heterocycles. The van der Waals surface area contributed by atoms with Crippen LogP contribution in [0.25, 0.3) is 22.3 Å². The Morgan fingerprint density at radius 2 is 0.961 bits per heavy atom. The number of unbranched alkanes of at least 4 members (excludes halogenated alkanes) is 6. The molecule has 0 bridgehead atoms. The minimum absolute atomic E-state index is 0.622. The highest BCUT2D eigenvalue weighted by atomic mass is 16.6. The quantitative estimate of drug-likeness (QED) is 0.0654. The van der Waals surface area contributed by atoms with Gasteiger partial charge in [0, 0.05) is 5.56 Å². The number of nitrogens with zero attached hydrogens (tertiary/aromatic N) is 1. The van der Waals surface area contributed by atoms with Gasteiger partial charge in [0.15, 0.2) is 0 Å². The summed E-state index contributed by atoms with van der Waals surface area (Å²) in [5, 5.41) is 19.6. The molecule has 0 radical (unpaired) electrons. The van der Waals surface area contributed by atoms with Gasteiger partial charge in [-0.05, 0) is 114 Å². The van der Waals surface area contributed by atoms with Crippen molar-refractivity contribution in [2.24, 2.45) is 5.92 Å². The Hall–Kier alpha value is -5.05. The first-order chi connectivity index (χ1) is 25.0. The fourth-order valence-corrected chi connectivity index (χ4v) is 5.98. The van der Waals surface area contributed by atoms with Crippen molar-refractivity contribution in [2.45, 2.75) is 77.9 Å². The second-order valence-corrected chi connectivity index (χ2v) is 13.4. The Balaban J connectivity index is 0.899. The molecule has 0 aliphatic rings. The molecular weight excluding hydrogens is 631 g/mol. The molecule has 1 N–H and O–H groups in total. The van der Waals surface area contributed by atoms with Crippen LogP contribution in [0, 0.1) is 17.2 Å². The van der Waals surface area contributed by atoms with Crippen molar-refractivity contribution in [3.63, 3.8) is 0 Å². The fraction of sp³-hybridized carbons (Fsp3) is 0.326. The first-order valence-electron chi connectivity index (χ1n) is 18.5. The fourth-order valence-electron chi connectivity index (χ4n) is 5.98. The van der Waals surface area contributed by atoms with E-state index in [1.807, 2.05) is 84.9 Å². The molecule has 5 rings (SSSR count). The largest absolute Gasteiger partial charge is 0.494 e. The lowest BCUT2D eigenvalue weighted by molar-refractivity contribution is -0.0194. The van der Waals surface area contributed by atoms with Crippen LogP contribution >= 0.6 is 0 Å². The molecule has 0 aromatic heterocycles. The van der Waals surface area contributed by atoms with E-state index in [0.29, 0.717) is 29.4 Å². The predicted octanol–water partition coefficient (Wildman–Crippen LogP) is 11.7. The minimum atomic E-state index is -1.05. The number of benzene rings is 5. The number of hydrogen-bond acceptors (Lipinski definition) is 5. The average Bonchev–Trinajstić information content (AvgIpc) is 3.18. The molecular formula is C46H51NO4. The van der Waals surface area contributed by atoms with E-state index in [1.54, 1.807) is 0 Å². The van der Waals surface area contributed by atoms with Gasteiger partial charge < -0.3 is 19.3 Å². The Kier molecular flexibility index (Phi) is 14.6. The van der Waals surface area contributed by atoms with Gasteiger partial charge in [-0.25, -0.2) is 0 Å². The number of aliphatic hydroxyl groups is 1. The standard InChI is InChI=1S/C46H51NO4/c1-3-35(2)33-36-11-15-38(16-12-36)41-21-29-45(30-22-41)51-46(48)42-23-27-44(28-24-42)50-32-10-8-6-4-5-7-9-31-49-43-25-19-40(20-26-43)39-17-13-37(34-47)14-18-39/h11-30,35,46,48H,3-10,31-33H2,1-2H3. The highest BCUT2D eigenvalue weighted by molar-refractivity contribution is 5.65. The Bertz CT molecular complexity index is 1760. The van der Waals surface area contributed by atoms with E-state index in [4.69, 9.17) is 19.5 Å². The molecule has 0 aliphatic carbocycles. The monoisotopic (exact) mass is 681 g/mol. The third-order valence-electron chi connectivity index (χ3n) is 9.36. The van der Waals surface area contributed by atoms with E-state index in [-0.39, 0.29) is 0 Å². The first-order valence-corrected chi connectivity index (χ1v) is 18.5. The van der Waals surface area contributed by atoms with Crippen LogP contribution in [-0.2, 0) is 6.42 Å². The van der Waals surface area contributed by atoms with Crippen LogP contribution in [0.4, 0.5) is 0 Å². The van der Waals surface area contributed by atoms with Crippen LogP contribution in [0.2, 0.25) is 0 Å². The number of aliphatic hydroxyl groups excluding tert-OH is 1. The molecule has 5 aromatic rings. The molecule has 0 heterocycles. The van der Waals surface area contributed by atoms with Crippen LogP contribution in [0.5, 0.6) is 17.2 Å². The zero-order valence-corrected chi connectivity index (χ0v) is 30.1. The number of ether oxygens (including phenoxy) is 3. The molecule has 0 aliphatic heterocycles. The summed E-state index contributed by atoms with van der Waals surface area (Å²) in [5.74, 6) is 3.01. The predicted molar refractivity (Wildman–Crippen MR) is 207 cm³/mol. The van der Waals surface area contributed by atoms with Gasteiger partial charge >= 0.3 is 0 Å². The van der Waals surface area contributed by atoms with Gasteiger partial charge in [0.1, 0.15) is 17.2 Å². The molecule has 5 nitrogen and oxygen atoms in total. The third-order valence-corrected chi connectivity index (χ3v) is 9.36. The van der Waals surface area contributed by atoms with Gasteiger partial charge in [0.05, 0.1) is 24.8 Å². The van der Waals surface area contributed by atoms with Crippen molar-refractivity contribution < 1.29 is 19.3 Å². The number of rotatable bonds is 20. The van der Waals surface area contributed by atoms with Gasteiger partial charge in [-0.1, -0.05) is 113 Å². The van der Waals surface area contributed by atoms with E-state index < -0.39 is 6.29 Å². The maximum absolute atomic E-state index is 10.7. The molecule has 2 atom stereocenters. The van der Waals surface area contributed by atoms with E-state index >= 15 is 0 Å². The van der Waals surface area contributed by atoms with Gasteiger partial charge in [-0.15, -0.1) is 0 Å². The summed E-state index contributed by atoms with van der Waals surface area (Å²) in [7, 11) is 0. The molecule has 51 heavy (non-hydrogen) atoms. The van der Waals surface area contributed by atoms with E-state index in [1.165, 1.54) is 43.2 Å². The van der Waals surface area contributed by atoms with Crippen LogP contribution in [0.15, 0.2) is 121 Å². The maximum Gasteiger partial charge on any atom is 0.224 e. The Morgan fingerprint density at radius 3 is 1.43 bits per heavy atom. The Morgan fingerprint density at radius 1 is 0.549 bits per heavy atom. The zero-order chi connectivity index (χ0) is 35.7. The summed E-state index contributed by atoms with van der Waals surface area (Å²) >= 11 is 0. The van der Waals surface area contributed by atoms with Crippen molar-refractivity contribution in [2.75, 3.05) is 13.2 Å². The third kappa shape index (κ3) is 12.1. The molecule has 0 spiro atoms. The number of nitriles is 1. The van der Waals surface area contributed by atoms with Crippen LogP contribution in [0.3, 0.4) is 0 Å². The van der Waals surface area contributed by atoms with Crippen molar-refractivity contribution in [3.05, 3.63) is 138 Å². The average molecular weight is 682 g/mol. The topological polar surface area (TPSA) is 71.7 Å². The van der Waals surface area contributed by atoms with Crippen molar-refractivity contribution in [1.29, 1.82) is 5.26 Å². The highest BCUT2D eigenvalue weighted by Crippen LogP contribution is 2.27. The first kappa shape index (κ1) is 37.2.